The Hall–Kier alpha value is -1.94. The first kappa shape index (κ1) is 11.5. The summed E-state index contributed by atoms with van der Waals surface area (Å²) in [5.74, 6) is 0.779. The van der Waals surface area contributed by atoms with E-state index in [9.17, 15) is 5.11 Å². The fraction of sp³-hybridized carbons (Fsp3) is 0.231. The van der Waals surface area contributed by atoms with E-state index < -0.39 is 6.10 Å². The molecule has 2 rings (SSSR count). The molecule has 1 heterocycles. The molecule has 1 aromatic heterocycles. The molecule has 0 radical (unpaired) electrons. The minimum atomic E-state index is -0.732. The van der Waals surface area contributed by atoms with E-state index in [1.165, 1.54) is 6.33 Å². The van der Waals surface area contributed by atoms with Crippen molar-refractivity contribution in [2.45, 2.75) is 13.0 Å². The Balaban J connectivity index is 2.34. The van der Waals surface area contributed by atoms with Gasteiger partial charge in [-0.05, 0) is 36.2 Å². The van der Waals surface area contributed by atoms with Crippen LogP contribution in [0.5, 0.6) is 5.75 Å². The van der Waals surface area contributed by atoms with Gasteiger partial charge in [-0.2, -0.15) is 0 Å². The van der Waals surface area contributed by atoms with Crippen LogP contribution in [0.1, 0.15) is 22.9 Å². The quantitative estimate of drug-likeness (QED) is 0.874. The molecule has 0 spiro atoms. The summed E-state index contributed by atoms with van der Waals surface area (Å²) >= 11 is 0. The van der Waals surface area contributed by atoms with Gasteiger partial charge in [0.05, 0.1) is 12.8 Å². The van der Waals surface area contributed by atoms with E-state index in [1.54, 1.807) is 19.4 Å². The average molecular weight is 230 g/mol. The van der Waals surface area contributed by atoms with E-state index >= 15 is 0 Å². The Morgan fingerprint density at radius 2 is 2.12 bits per heavy atom. The number of nitrogens with zero attached hydrogens (tertiary/aromatic N) is 2. The number of rotatable bonds is 3. The van der Waals surface area contributed by atoms with Crippen LogP contribution in [-0.2, 0) is 0 Å². The van der Waals surface area contributed by atoms with Gasteiger partial charge in [-0.3, -0.25) is 0 Å². The number of aromatic nitrogens is 2. The first-order valence-corrected chi connectivity index (χ1v) is 5.31. The molecule has 0 bridgehead atoms. The Morgan fingerprint density at radius 1 is 1.29 bits per heavy atom. The second-order valence-electron chi connectivity index (χ2n) is 3.76. The molecule has 0 saturated heterocycles. The van der Waals surface area contributed by atoms with E-state index in [-0.39, 0.29) is 0 Å². The highest BCUT2D eigenvalue weighted by atomic mass is 16.5. The number of benzene rings is 1. The lowest BCUT2D eigenvalue weighted by molar-refractivity contribution is 0.214. The fourth-order valence-corrected chi connectivity index (χ4v) is 1.70. The molecule has 17 heavy (non-hydrogen) atoms. The van der Waals surface area contributed by atoms with Crippen molar-refractivity contribution in [3.05, 3.63) is 53.6 Å². The van der Waals surface area contributed by atoms with Gasteiger partial charge in [-0.1, -0.05) is 6.07 Å². The van der Waals surface area contributed by atoms with Gasteiger partial charge in [-0.15, -0.1) is 0 Å². The van der Waals surface area contributed by atoms with Crippen molar-refractivity contribution < 1.29 is 9.84 Å². The molecule has 0 aliphatic carbocycles. The predicted molar refractivity (Wildman–Crippen MR) is 63.8 cm³/mol. The molecule has 0 aliphatic heterocycles. The summed E-state index contributed by atoms with van der Waals surface area (Å²) in [5.41, 5.74) is 2.38. The first-order valence-electron chi connectivity index (χ1n) is 5.31. The van der Waals surface area contributed by atoms with Crippen LogP contribution in [0.2, 0.25) is 0 Å². The molecule has 1 atom stereocenters. The smallest absolute Gasteiger partial charge is 0.121 e. The zero-order valence-corrected chi connectivity index (χ0v) is 9.79. The molecule has 0 fully saturated rings. The maximum Gasteiger partial charge on any atom is 0.121 e. The predicted octanol–water partition coefficient (Wildman–Crippen LogP) is 1.88. The number of aliphatic hydroxyl groups is 1. The van der Waals surface area contributed by atoms with Gasteiger partial charge in [0, 0.05) is 6.20 Å². The van der Waals surface area contributed by atoms with Gasteiger partial charge in [-0.25, -0.2) is 9.97 Å². The van der Waals surface area contributed by atoms with Crippen molar-refractivity contribution in [3.8, 4) is 5.75 Å². The third-order valence-electron chi connectivity index (χ3n) is 2.66. The lowest BCUT2D eigenvalue weighted by atomic mass is 10.0. The Bertz CT molecular complexity index is 500. The summed E-state index contributed by atoms with van der Waals surface area (Å²) in [7, 11) is 1.62. The molecule has 1 N–H and O–H groups in total. The van der Waals surface area contributed by atoms with Crippen molar-refractivity contribution in [1.82, 2.24) is 9.97 Å². The van der Waals surface area contributed by atoms with Crippen molar-refractivity contribution >= 4 is 0 Å². The molecule has 1 aromatic carbocycles. The molecule has 4 nitrogen and oxygen atoms in total. The summed E-state index contributed by atoms with van der Waals surface area (Å²) in [6, 6.07) is 7.27. The van der Waals surface area contributed by atoms with Gasteiger partial charge >= 0.3 is 0 Å². The van der Waals surface area contributed by atoms with Crippen LogP contribution in [-0.4, -0.2) is 22.2 Å². The summed E-state index contributed by atoms with van der Waals surface area (Å²) < 4.78 is 5.13. The van der Waals surface area contributed by atoms with E-state index in [0.717, 1.165) is 16.9 Å². The molecule has 1 unspecified atom stereocenters. The molecular weight excluding hydrogens is 216 g/mol. The highest BCUT2D eigenvalue weighted by Crippen LogP contribution is 2.25. The van der Waals surface area contributed by atoms with Crippen molar-refractivity contribution in [1.29, 1.82) is 0 Å². The molecule has 2 aromatic rings. The maximum atomic E-state index is 10.2. The average Bonchev–Trinajstić information content (AvgIpc) is 2.39. The third kappa shape index (κ3) is 2.42. The van der Waals surface area contributed by atoms with Crippen LogP contribution in [0.3, 0.4) is 0 Å². The molecule has 4 heteroatoms. The van der Waals surface area contributed by atoms with Crippen LogP contribution in [0.15, 0.2) is 36.8 Å². The molecule has 0 aliphatic rings. The van der Waals surface area contributed by atoms with E-state index in [1.807, 2.05) is 25.1 Å². The standard InChI is InChI=1S/C13H14N2O2/c1-9-7-10(17-2)3-4-11(9)13(16)12-5-6-14-8-15-12/h3-8,13,16H,1-2H3. The summed E-state index contributed by atoms with van der Waals surface area (Å²) in [5, 5.41) is 10.2. The number of hydrogen-bond donors (Lipinski definition) is 1. The van der Waals surface area contributed by atoms with Gasteiger partial charge < -0.3 is 9.84 Å². The largest absolute Gasteiger partial charge is 0.497 e. The van der Waals surface area contributed by atoms with Crippen LogP contribution in [0.25, 0.3) is 0 Å². The van der Waals surface area contributed by atoms with Crippen LogP contribution >= 0.6 is 0 Å². The molecule has 0 amide bonds. The minimum Gasteiger partial charge on any atom is -0.497 e. The number of methoxy groups -OCH3 is 1. The van der Waals surface area contributed by atoms with Crippen molar-refractivity contribution in [3.63, 3.8) is 0 Å². The van der Waals surface area contributed by atoms with Crippen LogP contribution in [0, 0.1) is 6.92 Å². The summed E-state index contributed by atoms with van der Waals surface area (Å²) in [6.45, 7) is 1.93. The van der Waals surface area contributed by atoms with Gasteiger partial charge in [0.25, 0.3) is 0 Å². The van der Waals surface area contributed by atoms with E-state index in [2.05, 4.69) is 9.97 Å². The maximum absolute atomic E-state index is 10.2. The monoisotopic (exact) mass is 230 g/mol. The molecule has 88 valence electrons. The second kappa shape index (κ2) is 4.93. The zero-order chi connectivity index (χ0) is 12.3. The normalized spacial score (nSPS) is 12.2. The van der Waals surface area contributed by atoms with Crippen molar-refractivity contribution in [2.24, 2.45) is 0 Å². The lowest BCUT2D eigenvalue weighted by Crippen LogP contribution is -2.04. The van der Waals surface area contributed by atoms with Gasteiger partial charge in [0.2, 0.25) is 0 Å². The first-order chi connectivity index (χ1) is 8.22. The fourth-order valence-electron chi connectivity index (χ4n) is 1.70. The number of ether oxygens (including phenoxy) is 1. The molecular formula is C13H14N2O2. The Labute approximate surface area is 99.9 Å². The summed E-state index contributed by atoms with van der Waals surface area (Å²) in [6.07, 6.45) is 2.31. The number of hydrogen-bond acceptors (Lipinski definition) is 4. The Morgan fingerprint density at radius 3 is 2.71 bits per heavy atom. The van der Waals surface area contributed by atoms with Crippen LogP contribution < -0.4 is 4.74 Å². The van der Waals surface area contributed by atoms with Gasteiger partial charge in [0.15, 0.2) is 0 Å². The van der Waals surface area contributed by atoms with E-state index in [0.29, 0.717) is 5.69 Å². The Kier molecular flexibility index (Phi) is 3.35. The SMILES string of the molecule is COc1ccc(C(O)c2ccncn2)c(C)c1. The van der Waals surface area contributed by atoms with Crippen molar-refractivity contribution in [2.75, 3.05) is 7.11 Å². The topological polar surface area (TPSA) is 55.2 Å². The third-order valence-corrected chi connectivity index (χ3v) is 2.66. The van der Waals surface area contributed by atoms with Gasteiger partial charge in [0.1, 0.15) is 18.2 Å². The van der Waals surface area contributed by atoms with Crippen LogP contribution in [0.4, 0.5) is 0 Å². The minimum absolute atomic E-state index is 0.591. The van der Waals surface area contributed by atoms with E-state index in [4.69, 9.17) is 4.74 Å². The molecule has 0 saturated carbocycles. The highest BCUT2D eigenvalue weighted by molar-refractivity contribution is 5.38. The number of aliphatic hydroxyl groups excluding tert-OH is 1. The highest BCUT2D eigenvalue weighted by Gasteiger charge is 2.14. The summed E-state index contributed by atoms with van der Waals surface area (Å²) in [4.78, 5) is 7.88. The zero-order valence-electron chi connectivity index (χ0n) is 9.79. The second-order valence-corrected chi connectivity index (χ2v) is 3.76. The number of aryl methyl sites for hydroxylation is 1. The lowest BCUT2D eigenvalue weighted by Gasteiger charge is -2.13.